The highest BCUT2D eigenvalue weighted by molar-refractivity contribution is 7.98. The first-order valence-corrected chi connectivity index (χ1v) is 12.2. The van der Waals surface area contributed by atoms with Crippen molar-refractivity contribution in [2.75, 3.05) is 5.32 Å². The Morgan fingerprint density at radius 1 is 1.00 bits per heavy atom. The van der Waals surface area contributed by atoms with Crippen LogP contribution in [0.3, 0.4) is 0 Å². The zero-order valence-corrected chi connectivity index (χ0v) is 18.9. The van der Waals surface area contributed by atoms with Crippen LogP contribution < -0.4 is 5.32 Å². The molecule has 162 valence electrons. The molecule has 0 saturated heterocycles. The van der Waals surface area contributed by atoms with Gasteiger partial charge in [0, 0.05) is 45.0 Å². The Hall–Kier alpha value is -3.57. The lowest BCUT2D eigenvalue weighted by Crippen LogP contribution is -2.11. The van der Waals surface area contributed by atoms with Crippen molar-refractivity contribution in [1.82, 2.24) is 9.97 Å². The van der Waals surface area contributed by atoms with E-state index in [9.17, 15) is 4.79 Å². The molecule has 0 unspecified atom stereocenters. The maximum Gasteiger partial charge on any atom is 0.257 e. The van der Waals surface area contributed by atoms with Gasteiger partial charge in [-0.15, -0.1) is 11.8 Å². The Labute approximate surface area is 196 Å². The van der Waals surface area contributed by atoms with E-state index in [2.05, 4.69) is 45.6 Å². The summed E-state index contributed by atoms with van der Waals surface area (Å²) >= 11 is 1.75. The molecule has 0 radical (unpaired) electrons. The van der Waals surface area contributed by atoms with Crippen molar-refractivity contribution in [2.45, 2.75) is 29.9 Å². The van der Waals surface area contributed by atoms with Gasteiger partial charge in [-0.2, -0.15) is 0 Å². The van der Waals surface area contributed by atoms with Crippen molar-refractivity contribution < 1.29 is 4.79 Å². The molecule has 6 rings (SSSR count). The Kier molecular flexibility index (Phi) is 5.11. The predicted octanol–water partition coefficient (Wildman–Crippen LogP) is 6.75. The summed E-state index contributed by atoms with van der Waals surface area (Å²) in [5.41, 5.74) is 7.51. The van der Waals surface area contributed by atoms with Gasteiger partial charge in [0.2, 0.25) is 0 Å². The van der Waals surface area contributed by atoms with Gasteiger partial charge in [0.25, 0.3) is 5.91 Å². The number of amides is 1. The Balaban J connectivity index is 1.29. The van der Waals surface area contributed by atoms with Gasteiger partial charge in [0.05, 0.1) is 11.1 Å². The Morgan fingerprint density at radius 2 is 1.91 bits per heavy atom. The third-order valence-electron chi connectivity index (χ3n) is 6.39. The van der Waals surface area contributed by atoms with Crippen LogP contribution in [0.2, 0.25) is 0 Å². The molecule has 33 heavy (non-hydrogen) atoms. The van der Waals surface area contributed by atoms with Gasteiger partial charge in [-0.05, 0) is 72.4 Å². The lowest BCUT2D eigenvalue weighted by molar-refractivity contribution is 0.102. The van der Waals surface area contributed by atoms with Crippen LogP contribution >= 0.6 is 11.8 Å². The fourth-order valence-electron chi connectivity index (χ4n) is 4.74. The van der Waals surface area contributed by atoms with Crippen molar-refractivity contribution in [3.05, 3.63) is 101 Å². The number of H-pyrrole nitrogens is 1. The van der Waals surface area contributed by atoms with Gasteiger partial charge in [-0.1, -0.05) is 30.3 Å². The lowest BCUT2D eigenvalue weighted by Gasteiger charge is -2.10. The molecule has 0 fully saturated rings. The molecule has 2 N–H and O–H groups in total. The molecule has 4 nitrogen and oxygen atoms in total. The quantitative estimate of drug-likeness (QED) is 0.292. The first-order chi connectivity index (χ1) is 16.3. The average Bonchev–Trinajstić information content (AvgIpc) is 3.50. The molecule has 0 saturated carbocycles. The third-order valence-corrected chi connectivity index (χ3v) is 7.50. The second-order valence-electron chi connectivity index (χ2n) is 8.45. The van der Waals surface area contributed by atoms with E-state index in [0.29, 0.717) is 5.56 Å². The van der Waals surface area contributed by atoms with Gasteiger partial charge in [-0.3, -0.25) is 9.78 Å². The molecule has 2 aromatic heterocycles. The van der Waals surface area contributed by atoms with E-state index in [4.69, 9.17) is 0 Å². The van der Waals surface area contributed by atoms with Crippen LogP contribution in [0.4, 0.5) is 5.69 Å². The van der Waals surface area contributed by atoms with E-state index in [0.717, 1.165) is 45.6 Å². The highest BCUT2D eigenvalue weighted by Crippen LogP contribution is 2.34. The number of nitrogens with zero attached hydrogens (tertiary/aromatic N) is 1. The number of thioether (sulfide) groups is 1. The van der Waals surface area contributed by atoms with Crippen LogP contribution in [0, 0.1) is 0 Å². The van der Waals surface area contributed by atoms with E-state index in [-0.39, 0.29) is 5.91 Å². The van der Waals surface area contributed by atoms with Crippen LogP contribution in [0.25, 0.3) is 21.8 Å². The third kappa shape index (κ3) is 3.79. The predicted molar refractivity (Wildman–Crippen MR) is 136 cm³/mol. The number of hydrogen-bond donors (Lipinski definition) is 2. The summed E-state index contributed by atoms with van der Waals surface area (Å²) in [6, 6.07) is 22.7. The van der Waals surface area contributed by atoms with Gasteiger partial charge in [-0.25, -0.2) is 0 Å². The normalized spacial score (nSPS) is 12.8. The molecule has 0 bridgehead atoms. The molecule has 0 aliphatic heterocycles. The molecule has 2 heterocycles. The lowest BCUT2D eigenvalue weighted by atomic mass is 10.1. The summed E-state index contributed by atoms with van der Waals surface area (Å²) < 4.78 is 0. The van der Waals surface area contributed by atoms with E-state index in [1.165, 1.54) is 28.5 Å². The molecule has 0 atom stereocenters. The Bertz CT molecular complexity index is 1500. The average molecular weight is 450 g/mol. The molecule has 1 amide bonds. The topological polar surface area (TPSA) is 57.8 Å². The SMILES string of the molecule is O=C(Nc1ccc2c(c1)CCC2)c1c[nH]c2cccc(SCc3ccnc4ccccc34)c12. The van der Waals surface area contributed by atoms with Crippen molar-refractivity contribution >= 4 is 45.2 Å². The monoisotopic (exact) mass is 449 g/mol. The molecule has 5 aromatic rings. The maximum absolute atomic E-state index is 13.2. The summed E-state index contributed by atoms with van der Waals surface area (Å²) in [6.45, 7) is 0. The maximum atomic E-state index is 13.2. The minimum atomic E-state index is -0.0818. The molecular weight excluding hydrogens is 426 g/mol. The largest absolute Gasteiger partial charge is 0.360 e. The number of aromatic nitrogens is 2. The van der Waals surface area contributed by atoms with Crippen LogP contribution in [0.5, 0.6) is 0 Å². The molecular formula is C28H23N3OS. The number of pyridine rings is 1. The number of anilines is 1. The number of carbonyl (C=O) groups is 1. The number of rotatable bonds is 5. The number of para-hydroxylation sites is 1. The summed E-state index contributed by atoms with van der Waals surface area (Å²) in [7, 11) is 0. The minimum absolute atomic E-state index is 0.0818. The number of hydrogen-bond acceptors (Lipinski definition) is 3. The summed E-state index contributed by atoms with van der Waals surface area (Å²) in [6.07, 6.45) is 7.11. The van der Waals surface area contributed by atoms with E-state index >= 15 is 0 Å². The molecule has 5 heteroatoms. The zero-order chi connectivity index (χ0) is 22.2. The van der Waals surface area contributed by atoms with Crippen LogP contribution in [0.1, 0.15) is 33.5 Å². The summed E-state index contributed by atoms with van der Waals surface area (Å²) in [4.78, 5) is 22.1. The number of nitrogens with one attached hydrogen (secondary N) is 2. The molecule has 3 aromatic carbocycles. The number of benzene rings is 3. The van der Waals surface area contributed by atoms with Crippen LogP contribution in [-0.4, -0.2) is 15.9 Å². The van der Waals surface area contributed by atoms with Gasteiger partial charge in [0.1, 0.15) is 0 Å². The fourth-order valence-corrected chi connectivity index (χ4v) is 5.84. The van der Waals surface area contributed by atoms with Crippen LogP contribution in [0.15, 0.2) is 84.0 Å². The number of carbonyl (C=O) groups excluding carboxylic acids is 1. The standard InChI is InChI=1S/C28H23N3OS/c32-28(31-21-12-11-18-5-3-6-19(18)15-21)23-16-30-25-9-4-10-26(27(23)25)33-17-20-13-14-29-24-8-2-1-7-22(20)24/h1-2,4,7-16,30H,3,5-6,17H2,(H,31,32). The van der Waals surface area contributed by atoms with Crippen molar-refractivity contribution in [3.8, 4) is 0 Å². The van der Waals surface area contributed by atoms with Gasteiger partial charge < -0.3 is 10.3 Å². The van der Waals surface area contributed by atoms with E-state index < -0.39 is 0 Å². The summed E-state index contributed by atoms with van der Waals surface area (Å²) in [5.74, 6) is 0.723. The first kappa shape index (κ1) is 20.1. The summed E-state index contributed by atoms with van der Waals surface area (Å²) in [5, 5.41) is 5.26. The first-order valence-electron chi connectivity index (χ1n) is 11.2. The Morgan fingerprint density at radius 3 is 2.88 bits per heavy atom. The molecule has 0 spiro atoms. The van der Waals surface area contributed by atoms with Gasteiger partial charge >= 0.3 is 0 Å². The van der Waals surface area contributed by atoms with Gasteiger partial charge in [0.15, 0.2) is 0 Å². The van der Waals surface area contributed by atoms with Crippen molar-refractivity contribution in [2.24, 2.45) is 0 Å². The van der Waals surface area contributed by atoms with Crippen LogP contribution in [-0.2, 0) is 18.6 Å². The molecule has 1 aliphatic carbocycles. The highest BCUT2D eigenvalue weighted by Gasteiger charge is 2.17. The number of fused-ring (bicyclic) bond motifs is 3. The zero-order valence-electron chi connectivity index (χ0n) is 18.1. The van der Waals surface area contributed by atoms with Crippen molar-refractivity contribution in [3.63, 3.8) is 0 Å². The smallest absolute Gasteiger partial charge is 0.257 e. The highest BCUT2D eigenvalue weighted by atomic mass is 32.2. The number of aryl methyl sites for hydroxylation is 2. The molecule has 1 aliphatic rings. The number of aromatic amines is 1. The second-order valence-corrected chi connectivity index (χ2v) is 9.47. The van der Waals surface area contributed by atoms with E-state index in [1.807, 2.05) is 48.8 Å². The van der Waals surface area contributed by atoms with Crippen molar-refractivity contribution in [1.29, 1.82) is 0 Å². The van der Waals surface area contributed by atoms with E-state index in [1.54, 1.807) is 11.8 Å². The fraction of sp³-hybridized carbons (Fsp3) is 0.143. The second kappa shape index (κ2) is 8.41. The minimum Gasteiger partial charge on any atom is -0.360 e.